The van der Waals surface area contributed by atoms with Crippen molar-refractivity contribution in [2.45, 2.75) is 32.5 Å². The maximum atomic E-state index is 9.87. The highest BCUT2D eigenvalue weighted by Gasteiger charge is 2.18. The molecule has 0 aromatic carbocycles. The summed E-state index contributed by atoms with van der Waals surface area (Å²) in [6.45, 7) is 3.75. The molecule has 1 heterocycles. The lowest BCUT2D eigenvalue weighted by Crippen LogP contribution is -2.19. The van der Waals surface area contributed by atoms with E-state index in [9.17, 15) is 10.2 Å². The van der Waals surface area contributed by atoms with Crippen molar-refractivity contribution >= 4 is 15.9 Å². The molecule has 0 radical (unpaired) electrons. The second kappa shape index (κ2) is 5.58. The van der Waals surface area contributed by atoms with Crippen molar-refractivity contribution in [2.24, 2.45) is 0 Å². The summed E-state index contributed by atoms with van der Waals surface area (Å²) in [4.78, 5) is 4.22. The van der Waals surface area contributed by atoms with Crippen molar-refractivity contribution in [3.63, 3.8) is 0 Å². The topological polar surface area (TPSA) is 53.4 Å². The average molecular weight is 274 g/mol. The molecule has 3 nitrogen and oxygen atoms in total. The molecule has 0 aliphatic rings. The van der Waals surface area contributed by atoms with Gasteiger partial charge in [-0.1, -0.05) is 15.9 Å². The normalized spacial score (nSPS) is 15.0. The predicted octanol–water partition coefficient (Wildman–Crippen LogP) is 1.88. The van der Waals surface area contributed by atoms with Crippen LogP contribution in [0.25, 0.3) is 0 Å². The summed E-state index contributed by atoms with van der Waals surface area (Å²) >= 11 is 3.24. The number of aliphatic hydroxyl groups excluding tert-OH is 2. The molecule has 4 heteroatoms. The number of halogens is 1. The number of hydrogen-bond acceptors (Lipinski definition) is 3. The van der Waals surface area contributed by atoms with Crippen molar-refractivity contribution in [3.8, 4) is 0 Å². The molecule has 2 atom stereocenters. The van der Waals surface area contributed by atoms with Gasteiger partial charge < -0.3 is 10.2 Å². The lowest BCUT2D eigenvalue weighted by molar-refractivity contribution is 0.0172. The maximum Gasteiger partial charge on any atom is 0.105 e. The zero-order valence-corrected chi connectivity index (χ0v) is 10.5. The van der Waals surface area contributed by atoms with Crippen molar-refractivity contribution in [2.75, 3.05) is 5.33 Å². The lowest BCUT2D eigenvalue weighted by Gasteiger charge is -2.17. The van der Waals surface area contributed by atoms with E-state index < -0.39 is 12.2 Å². The Bertz CT molecular complexity index is 310. The van der Waals surface area contributed by atoms with Gasteiger partial charge in [-0.15, -0.1) is 0 Å². The Labute approximate surface area is 98.3 Å². The number of aromatic nitrogens is 1. The van der Waals surface area contributed by atoms with Gasteiger partial charge in [-0.25, -0.2) is 0 Å². The van der Waals surface area contributed by atoms with Crippen LogP contribution in [0.1, 0.15) is 29.5 Å². The highest BCUT2D eigenvalue weighted by atomic mass is 79.9. The minimum Gasteiger partial charge on any atom is -0.390 e. The first kappa shape index (κ1) is 12.6. The number of pyridine rings is 1. The van der Waals surface area contributed by atoms with Crippen LogP contribution >= 0.6 is 15.9 Å². The number of nitrogens with zero attached hydrogens (tertiary/aromatic N) is 1. The zero-order chi connectivity index (χ0) is 11.4. The van der Waals surface area contributed by atoms with E-state index in [4.69, 9.17) is 0 Å². The Morgan fingerprint density at radius 3 is 2.27 bits per heavy atom. The van der Waals surface area contributed by atoms with E-state index in [1.54, 1.807) is 12.1 Å². The number of aryl methyl sites for hydroxylation is 2. The first-order valence-electron chi connectivity index (χ1n) is 4.92. The van der Waals surface area contributed by atoms with Crippen LogP contribution in [0.3, 0.4) is 0 Å². The summed E-state index contributed by atoms with van der Waals surface area (Å²) < 4.78 is 0. The van der Waals surface area contributed by atoms with Crippen molar-refractivity contribution in [1.82, 2.24) is 4.98 Å². The number of alkyl halides is 1. The smallest absolute Gasteiger partial charge is 0.105 e. The molecule has 2 N–H and O–H groups in total. The van der Waals surface area contributed by atoms with E-state index >= 15 is 0 Å². The molecule has 0 aliphatic carbocycles. The molecule has 1 aromatic heterocycles. The molecule has 0 saturated carbocycles. The second-order valence-electron chi connectivity index (χ2n) is 3.67. The largest absolute Gasteiger partial charge is 0.390 e. The van der Waals surface area contributed by atoms with Crippen LogP contribution in [-0.4, -0.2) is 26.6 Å². The molecule has 1 rings (SSSR count). The van der Waals surface area contributed by atoms with Gasteiger partial charge in [-0.3, -0.25) is 4.98 Å². The number of aliphatic hydroxyl groups is 2. The molecular formula is C11H16BrNO2. The monoisotopic (exact) mass is 273 g/mol. The minimum atomic E-state index is -0.831. The SMILES string of the molecule is Cc1cc(C(O)C(O)CCBr)cc(C)n1. The fourth-order valence-corrected chi connectivity index (χ4v) is 2.00. The van der Waals surface area contributed by atoms with Crippen LogP contribution in [-0.2, 0) is 0 Å². The molecule has 0 bridgehead atoms. The molecule has 15 heavy (non-hydrogen) atoms. The Hall–Kier alpha value is -0.450. The Morgan fingerprint density at radius 1 is 1.27 bits per heavy atom. The Morgan fingerprint density at radius 2 is 1.80 bits per heavy atom. The fraction of sp³-hybridized carbons (Fsp3) is 0.545. The van der Waals surface area contributed by atoms with Gasteiger partial charge in [0, 0.05) is 16.7 Å². The third-order valence-corrected chi connectivity index (χ3v) is 2.67. The first-order valence-corrected chi connectivity index (χ1v) is 6.04. The molecule has 0 spiro atoms. The van der Waals surface area contributed by atoms with Gasteiger partial charge in [-0.2, -0.15) is 0 Å². The van der Waals surface area contributed by atoms with Crippen molar-refractivity contribution < 1.29 is 10.2 Å². The average Bonchev–Trinajstić information content (AvgIpc) is 2.15. The summed E-state index contributed by atoms with van der Waals surface area (Å²) in [7, 11) is 0. The Balaban J connectivity index is 2.85. The molecule has 1 aromatic rings. The highest BCUT2D eigenvalue weighted by Crippen LogP contribution is 2.20. The standard InChI is InChI=1S/C11H16BrNO2/c1-7-5-9(6-8(2)13-7)11(15)10(14)3-4-12/h5-6,10-11,14-15H,3-4H2,1-2H3. The van der Waals surface area contributed by atoms with E-state index in [1.807, 2.05) is 13.8 Å². The van der Waals surface area contributed by atoms with E-state index in [-0.39, 0.29) is 0 Å². The molecule has 2 unspecified atom stereocenters. The van der Waals surface area contributed by atoms with Crippen LogP contribution < -0.4 is 0 Å². The van der Waals surface area contributed by atoms with Gasteiger partial charge >= 0.3 is 0 Å². The lowest BCUT2D eigenvalue weighted by atomic mass is 10.0. The van der Waals surface area contributed by atoms with Gasteiger partial charge in [0.2, 0.25) is 0 Å². The van der Waals surface area contributed by atoms with Crippen LogP contribution in [0.4, 0.5) is 0 Å². The van der Waals surface area contributed by atoms with E-state index in [1.165, 1.54) is 0 Å². The maximum absolute atomic E-state index is 9.87. The fourth-order valence-electron chi connectivity index (χ4n) is 1.53. The van der Waals surface area contributed by atoms with Gasteiger partial charge in [-0.05, 0) is 38.0 Å². The number of hydrogen-bond donors (Lipinski definition) is 2. The summed E-state index contributed by atoms with van der Waals surface area (Å²) in [5, 5.41) is 20.2. The summed E-state index contributed by atoms with van der Waals surface area (Å²) in [6.07, 6.45) is -1.03. The van der Waals surface area contributed by atoms with E-state index in [0.29, 0.717) is 11.8 Å². The van der Waals surface area contributed by atoms with Crippen LogP contribution in [0.2, 0.25) is 0 Å². The second-order valence-corrected chi connectivity index (χ2v) is 4.47. The van der Waals surface area contributed by atoms with Crippen LogP contribution in [0.5, 0.6) is 0 Å². The summed E-state index contributed by atoms with van der Waals surface area (Å²) in [5.41, 5.74) is 2.44. The molecule has 0 fully saturated rings. The Kier molecular flexibility index (Phi) is 4.70. The van der Waals surface area contributed by atoms with Gasteiger partial charge in [0.1, 0.15) is 6.10 Å². The molecule has 0 saturated heterocycles. The minimum absolute atomic E-state index is 0.529. The van der Waals surface area contributed by atoms with E-state index in [2.05, 4.69) is 20.9 Å². The van der Waals surface area contributed by atoms with Crippen molar-refractivity contribution in [3.05, 3.63) is 29.1 Å². The third kappa shape index (κ3) is 3.55. The molecule has 84 valence electrons. The van der Waals surface area contributed by atoms with Gasteiger partial charge in [0.25, 0.3) is 0 Å². The quantitative estimate of drug-likeness (QED) is 0.824. The first-order chi connectivity index (χ1) is 7.04. The molecule has 0 aliphatic heterocycles. The third-order valence-electron chi connectivity index (χ3n) is 2.21. The van der Waals surface area contributed by atoms with Gasteiger partial charge in [0.15, 0.2) is 0 Å². The van der Waals surface area contributed by atoms with E-state index in [0.717, 1.165) is 17.0 Å². The predicted molar refractivity (Wildman–Crippen MR) is 63.1 cm³/mol. The van der Waals surface area contributed by atoms with Crippen LogP contribution in [0.15, 0.2) is 12.1 Å². The van der Waals surface area contributed by atoms with Gasteiger partial charge in [0.05, 0.1) is 6.10 Å². The van der Waals surface area contributed by atoms with Crippen molar-refractivity contribution in [1.29, 1.82) is 0 Å². The highest BCUT2D eigenvalue weighted by molar-refractivity contribution is 9.09. The number of rotatable bonds is 4. The summed E-state index contributed by atoms with van der Waals surface area (Å²) in [6, 6.07) is 3.60. The molecule has 0 amide bonds. The molecular weight excluding hydrogens is 258 g/mol. The zero-order valence-electron chi connectivity index (χ0n) is 8.94. The summed E-state index contributed by atoms with van der Waals surface area (Å²) in [5.74, 6) is 0. The van der Waals surface area contributed by atoms with Crippen LogP contribution in [0, 0.1) is 13.8 Å².